The van der Waals surface area contributed by atoms with E-state index in [4.69, 9.17) is 11.6 Å². The molecule has 1 aromatic heterocycles. The first-order valence-electron chi connectivity index (χ1n) is 6.88. The maximum atomic E-state index is 11.9. The van der Waals surface area contributed by atoms with Crippen molar-refractivity contribution in [2.45, 2.75) is 40.2 Å². The number of carbonyl (C=O) groups excluding carboxylic acids is 2. The average Bonchev–Trinajstić information content (AvgIpc) is 2.68. The van der Waals surface area contributed by atoms with Crippen molar-refractivity contribution in [3.8, 4) is 0 Å². The molecule has 1 rings (SSSR count). The van der Waals surface area contributed by atoms with Crippen LogP contribution in [-0.2, 0) is 16.1 Å². The third-order valence-corrected chi connectivity index (χ3v) is 3.46. The van der Waals surface area contributed by atoms with Gasteiger partial charge in [-0.3, -0.25) is 24.4 Å². The fraction of sp³-hybridized carbons (Fsp3) is 0.615. The molecule has 0 spiro atoms. The number of nitro groups is 1. The highest BCUT2D eigenvalue weighted by Gasteiger charge is 2.23. The Morgan fingerprint density at radius 2 is 2.09 bits per heavy atom. The van der Waals surface area contributed by atoms with Crippen molar-refractivity contribution in [2.24, 2.45) is 5.92 Å². The maximum Gasteiger partial charge on any atom is 0.312 e. The molecule has 0 bridgehead atoms. The molecule has 0 radical (unpaired) electrons. The Morgan fingerprint density at radius 1 is 1.45 bits per heavy atom. The van der Waals surface area contributed by atoms with E-state index < -0.39 is 16.1 Å². The highest BCUT2D eigenvalue weighted by molar-refractivity contribution is 6.63. The van der Waals surface area contributed by atoms with Crippen molar-refractivity contribution in [3.63, 3.8) is 0 Å². The Labute approximate surface area is 133 Å². The summed E-state index contributed by atoms with van der Waals surface area (Å²) in [6.45, 7) is 5.49. The smallest absolute Gasteiger partial charge is 0.312 e. The van der Waals surface area contributed by atoms with Crippen LogP contribution in [0, 0.1) is 29.9 Å². The van der Waals surface area contributed by atoms with Gasteiger partial charge in [-0.25, -0.2) is 0 Å². The molecule has 0 saturated carbocycles. The number of hydrogen-bond donors (Lipinski definition) is 1. The summed E-state index contributed by atoms with van der Waals surface area (Å²) < 4.78 is 1.47. The lowest BCUT2D eigenvalue weighted by molar-refractivity contribution is -0.386. The second-order valence-corrected chi connectivity index (χ2v) is 5.53. The summed E-state index contributed by atoms with van der Waals surface area (Å²) in [5, 5.41) is 17.3. The van der Waals surface area contributed by atoms with Gasteiger partial charge in [0.15, 0.2) is 0 Å². The largest absolute Gasteiger partial charge is 0.356 e. The molecule has 9 heteroatoms. The van der Waals surface area contributed by atoms with Crippen LogP contribution >= 0.6 is 11.6 Å². The fourth-order valence-electron chi connectivity index (χ4n) is 2.08. The number of rotatable bonds is 8. The standard InChI is InChI=1S/C13H19ClN4O4/c1-8(13(20)15-6-4-5-11(14)19)7-17-10(3)12(18(21)22)9(2)16-17/h8H,4-7H2,1-3H3,(H,15,20). The van der Waals surface area contributed by atoms with Crippen LogP contribution in [0.5, 0.6) is 0 Å². The van der Waals surface area contributed by atoms with E-state index in [-0.39, 0.29) is 24.6 Å². The van der Waals surface area contributed by atoms with E-state index in [1.54, 1.807) is 20.8 Å². The van der Waals surface area contributed by atoms with E-state index in [1.165, 1.54) is 4.68 Å². The van der Waals surface area contributed by atoms with E-state index in [9.17, 15) is 19.7 Å². The maximum absolute atomic E-state index is 11.9. The molecule has 1 atom stereocenters. The predicted octanol–water partition coefficient (Wildman–Crippen LogP) is 1.71. The minimum Gasteiger partial charge on any atom is -0.356 e. The second-order valence-electron chi connectivity index (χ2n) is 5.11. The van der Waals surface area contributed by atoms with Gasteiger partial charge in [0.1, 0.15) is 11.4 Å². The van der Waals surface area contributed by atoms with E-state index >= 15 is 0 Å². The number of carbonyl (C=O) groups is 2. The molecule has 0 fully saturated rings. The number of amides is 1. The van der Waals surface area contributed by atoms with E-state index in [2.05, 4.69) is 10.4 Å². The van der Waals surface area contributed by atoms with E-state index in [1.807, 2.05) is 0 Å². The van der Waals surface area contributed by atoms with Crippen molar-refractivity contribution in [1.29, 1.82) is 0 Å². The van der Waals surface area contributed by atoms with Crippen molar-refractivity contribution < 1.29 is 14.5 Å². The van der Waals surface area contributed by atoms with Crippen LogP contribution in [0.15, 0.2) is 0 Å². The van der Waals surface area contributed by atoms with Gasteiger partial charge in [0.2, 0.25) is 11.1 Å². The first kappa shape index (κ1) is 18.1. The monoisotopic (exact) mass is 330 g/mol. The molecule has 1 unspecified atom stereocenters. The van der Waals surface area contributed by atoms with Crippen molar-refractivity contribution in [1.82, 2.24) is 15.1 Å². The third-order valence-electron chi connectivity index (χ3n) is 3.27. The van der Waals surface area contributed by atoms with Gasteiger partial charge in [-0.1, -0.05) is 6.92 Å². The molecule has 8 nitrogen and oxygen atoms in total. The van der Waals surface area contributed by atoms with Crippen molar-refractivity contribution >= 4 is 28.4 Å². The number of halogens is 1. The quantitative estimate of drug-likeness (QED) is 0.338. The molecular formula is C13H19ClN4O4. The number of nitrogens with one attached hydrogen (secondary N) is 1. The zero-order chi connectivity index (χ0) is 16.9. The molecule has 122 valence electrons. The van der Waals surface area contributed by atoms with Crippen LogP contribution in [0.1, 0.15) is 31.2 Å². The Hall–Kier alpha value is -1.96. The summed E-state index contributed by atoms with van der Waals surface area (Å²) in [5.74, 6) is -0.596. The van der Waals surface area contributed by atoms with Crippen molar-refractivity contribution in [2.75, 3.05) is 6.54 Å². The molecule has 0 saturated heterocycles. The first-order chi connectivity index (χ1) is 10.2. The molecule has 1 amide bonds. The van der Waals surface area contributed by atoms with Crippen molar-refractivity contribution in [3.05, 3.63) is 21.5 Å². The van der Waals surface area contributed by atoms with Gasteiger partial charge in [-0.15, -0.1) is 0 Å². The van der Waals surface area contributed by atoms with Gasteiger partial charge in [-0.2, -0.15) is 5.10 Å². The number of nitrogens with zero attached hydrogens (tertiary/aromatic N) is 3. The molecule has 1 N–H and O–H groups in total. The molecule has 1 heterocycles. The average molecular weight is 331 g/mol. The lowest BCUT2D eigenvalue weighted by Crippen LogP contribution is -2.32. The number of aryl methyl sites for hydroxylation is 1. The van der Waals surface area contributed by atoms with Crippen LogP contribution in [0.3, 0.4) is 0 Å². The van der Waals surface area contributed by atoms with Crippen LogP contribution in [0.4, 0.5) is 5.69 Å². The predicted molar refractivity (Wildman–Crippen MR) is 80.6 cm³/mol. The normalized spacial score (nSPS) is 12.0. The Kier molecular flexibility index (Phi) is 6.48. The number of aromatic nitrogens is 2. The summed E-state index contributed by atoms with van der Waals surface area (Å²) in [7, 11) is 0. The number of hydrogen-bond acceptors (Lipinski definition) is 5. The van der Waals surface area contributed by atoms with Gasteiger partial charge in [0.05, 0.1) is 17.4 Å². The second kappa shape index (κ2) is 7.88. The zero-order valence-corrected chi connectivity index (χ0v) is 13.5. The summed E-state index contributed by atoms with van der Waals surface area (Å²) >= 11 is 5.20. The van der Waals surface area contributed by atoms with Gasteiger partial charge in [0, 0.05) is 13.0 Å². The first-order valence-corrected chi connectivity index (χ1v) is 7.26. The summed E-state index contributed by atoms with van der Waals surface area (Å²) in [6.07, 6.45) is 0.687. The molecular weight excluding hydrogens is 312 g/mol. The van der Waals surface area contributed by atoms with Crippen LogP contribution < -0.4 is 5.32 Å². The SMILES string of the molecule is Cc1nn(CC(C)C(=O)NCCCC(=O)Cl)c(C)c1[N+](=O)[O-]. The Morgan fingerprint density at radius 3 is 2.59 bits per heavy atom. The minimum atomic E-state index is -0.470. The summed E-state index contributed by atoms with van der Waals surface area (Å²) in [5.41, 5.74) is 0.735. The molecule has 0 aliphatic rings. The lowest BCUT2D eigenvalue weighted by atomic mass is 10.1. The van der Waals surface area contributed by atoms with E-state index in [0.29, 0.717) is 24.4 Å². The van der Waals surface area contributed by atoms with Gasteiger partial charge in [0.25, 0.3) is 0 Å². The molecule has 1 aromatic rings. The van der Waals surface area contributed by atoms with Gasteiger partial charge < -0.3 is 5.32 Å². The van der Waals surface area contributed by atoms with Crippen LogP contribution in [0.2, 0.25) is 0 Å². The van der Waals surface area contributed by atoms with Crippen LogP contribution in [0.25, 0.3) is 0 Å². The summed E-state index contributed by atoms with van der Waals surface area (Å²) in [4.78, 5) is 33.0. The van der Waals surface area contributed by atoms with Gasteiger partial charge >= 0.3 is 5.69 Å². The lowest BCUT2D eigenvalue weighted by Gasteiger charge is -2.12. The zero-order valence-electron chi connectivity index (χ0n) is 12.8. The van der Waals surface area contributed by atoms with Crippen LogP contribution in [-0.4, -0.2) is 32.4 Å². The summed E-state index contributed by atoms with van der Waals surface area (Å²) in [6, 6.07) is 0. The molecule has 0 aromatic carbocycles. The molecule has 22 heavy (non-hydrogen) atoms. The Bertz CT molecular complexity index is 585. The van der Waals surface area contributed by atoms with Gasteiger partial charge in [-0.05, 0) is 31.9 Å². The molecule has 0 aliphatic heterocycles. The Balaban J connectivity index is 2.59. The highest BCUT2D eigenvalue weighted by Crippen LogP contribution is 2.22. The van der Waals surface area contributed by atoms with E-state index in [0.717, 1.165) is 0 Å². The third kappa shape index (κ3) is 4.80. The topological polar surface area (TPSA) is 107 Å². The fourth-order valence-corrected chi connectivity index (χ4v) is 2.22. The minimum absolute atomic E-state index is 0.0202. The molecule has 0 aliphatic carbocycles. The highest BCUT2D eigenvalue weighted by atomic mass is 35.5.